The average Bonchev–Trinajstić information content (AvgIpc) is 3.65. The molecule has 0 bridgehead atoms. The quantitative estimate of drug-likeness (QED) is 0.131. The number of benzene rings is 4. The molecule has 8 aromatic rings. The molecule has 6 heteroatoms. The van der Waals surface area contributed by atoms with Crippen molar-refractivity contribution >= 4 is 61.5 Å². The van der Waals surface area contributed by atoms with E-state index < -0.39 is 26.0 Å². The van der Waals surface area contributed by atoms with Gasteiger partial charge in [-0.15, -0.1) is 0 Å². The van der Waals surface area contributed by atoms with Gasteiger partial charge in [-0.05, 0) is 57.9 Å². The van der Waals surface area contributed by atoms with Gasteiger partial charge in [0.15, 0.2) is 0 Å². The molecule has 237 valence electrons. The smallest absolute Gasteiger partial charge is 0 e. The van der Waals surface area contributed by atoms with Gasteiger partial charge in [0, 0.05) is 37.2 Å². The van der Waals surface area contributed by atoms with Gasteiger partial charge in [-0.25, -0.2) is 0 Å². The molecule has 0 atom stereocenters. The molecule has 4 aromatic heterocycles. The summed E-state index contributed by atoms with van der Waals surface area (Å²) in [5.41, 5.74) is 6.23. The Morgan fingerprint density at radius 2 is 1.47 bits per heavy atom. The van der Waals surface area contributed by atoms with Gasteiger partial charge in [-0.3, -0.25) is 0 Å². The number of aryl methyl sites for hydroxylation is 1. The van der Waals surface area contributed by atoms with Crippen LogP contribution in [0.25, 0.3) is 66.4 Å². The van der Waals surface area contributed by atoms with E-state index in [1.165, 1.54) is 10.6 Å². The first-order valence-corrected chi connectivity index (χ1v) is 22.7. The van der Waals surface area contributed by atoms with Crippen molar-refractivity contribution < 1.29 is 34.4 Å². The van der Waals surface area contributed by atoms with Gasteiger partial charge in [0.25, 0.3) is 0 Å². The molecule has 0 saturated heterocycles. The van der Waals surface area contributed by atoms with Crippen LogP contribution in [0.15, 0.2) is 112 Å². The fourth-order valence-electron chi connectivity index (χ4n) is 5.76. The van der Waals surface area contributed by atoms with E-state index >= 15 is 0 Å². The number of rotatable bonds is 4. The number of fused-ring (bicyclic) bond motifs is 7. The molecule has 8 rings (SSSR count). The molecule has 0 aliphatic heterocycles. The van der Waals surface area contributed by atoms with Gasteiger partial charge in [0.1, 0.15) is 11.2 Å². The Bertz CT molecular complexity index is 2500. The molecular formula is C41H36GeIrN2O2-2. The second-order valence-electron chi connectivity index (χ2n) is 12.7. The molecule has 0 fully saturated rings. The van der Waals surface area contributed by atoms with Crippen molar-refractivity contribution in [2.75, 3.05) is 0 Å². The molecule has 47 heavy (non-hydrogen) atoms. The van der Waals surface area contributed by atoms with Crippen molar-refractivity contribution in [1.82, 2.24) is 9.97 Å². The zero-order chi connectivity index (χ0) is 35.4. The van der Waals surface area contributed by atoms with Crippen molar-refractivity contribution in [3.8, 4) is 22.5 Å². The standard InChI is InChI=1S/C27H20NO2.C14H16GeN.Ir/c1-15(2)19-12-21(28-14-16(19)3)20-13-24-25(17-8-4-6-10-22(17)29-24)26-18-9-5-7-11-23(18)30-27(20)26;1-15(2,3)13-9-10-14(16-11-13)12-7-5-4-6-8-12;/h4-12,14-15H,1-3H3;4-7,9-11H,1-3H3;/q2*-1;/i3D3,15D;;. The third kappa shape index (κ3) is 6.32. The minimum absolute atomic E-state index is 0. The number of pyridine rings is 2. The number of aromatic nitrogens is 2. The van der Waals surface area contributed by atoms with Crippen LogP contribution in [0.3, 0.4) is 0 Å². The number of para-hydroxylation sites is 2. The predicted molar refractivity (Wildman–Crippen MR) is 193 cm³/mol. The molecule has 1 radical (unpaired) electrons. The van der Waals surface area contributed by atoms with Gasteiger partial charge in [-0.2, -0.15) is 0 Å². The van der Waals surface area contributed by atoms with Crippen LogP contribution in [0.5, 0.6) is 0 Å². The van der Waals surface area contributed by atoms with E-state index in [0.29, 0.717) is 28.0 Å². The molecule has 0 amide bonds. The number of furan rings is 2. The summed E-state index contributed by atoms with van der Waals surface area (Å²) in [7, 11) is 0. The van der Waals surface area contributed by atoms with E-state index in [-0.39, 0.29) is 25.7 Å². The molecule has 0 aliphatic rings. The monoisotopic (exact) mass is 859 g/mol. The van der Waals surface area contributed by atoms with Gasteiger partial charge in [0.05, 0.1) is 11.2 Å². The Morgan fingerprint density at radius 3 is 2.11 bits per heavy atom. The summed E-state index contributed by atoms with van der Waals surface area (Å²) in [6.45, 7) is 0.967. The van der Waals surface area contributed by atoms with Crippen molar-refractivity contribution in [3.05, 3.63) is 127 Å². The Kier molecular flexibility index (Phi) is 7.89. The normalized spacial score (nSPS) is 13.4. The SMILES string of the molecule is [2H]C([2H])([2H])c1cnc(-c2[c-]c3oc4ccccc4c3c3c2oc2ccccc23)cc1C([2H])(C)C.[CH3][Ge]([CH3])([CH3])[c]1ccc(-c2[c-]cccc2)nc1.[Ir]. The third-order valence-corrected chi connectivity index (χ3v) is 12.5. The maximum atomic E-state index is 8.58. The Morgan fingerprint density at radius 1 is 0.787 bits per heavy atom. The maximum Gasteiger partial charge on any atom is 0 e. The van der Waals surface area contributed by atoms with Gasteiger partial charge in [-0.1, -0.05) is 67.9 Å². The third-order valence-electron chi connectivity index (χ3n) is 8.22. The van der Waals surface area contributed by atoms with E-state index in [1.807, 2.05) is 79.0 Å². The van der Waals surface area contributed by atoms with Gasteiger partial charge in [0.2, 0.25) is 0 Å². The zero-order valence-electron chi connectivity index (χ0n) is 30.9. The van der Waals surface area contributed by atoms with Crippen LogP contribution in [0.2, 0.25) is 17.3 Å². The summed E-state index contributed by atoms with van der Waals surface area (Å²) < 4.78 is 46.2. The zero-order valence-corrected chi connectivity index (χ0v) is 31.4. The first-order valence-electron chi connectivity index (χ1n) is 17.3. The molecular weight excluding hydrogens is 817 g/mol. The number of nitrogens with zero attached hydrogens (tertiary/aromatic N) is 2. The second kappa shape index (κ2) is 13.2. The molecule has 0 N–H and O–H groups in total. The number of hydrogen-bond donors (Lipinski definition) is 0. The molecule has 4 aromatic carbocycles. The van der Waals surface area contributed by atoms with Crippen LogP contribution in [0.1, 0.15) is 36.4 Å². The Balaban J connectivity index is 0.000000222. The summed E-state index contributed by atoms with van der Waals surface area (Å²) in [5.74, 6) is 6.00. The maximum absolute atomic E-state index is 8.58. The summed E-state index contributed by atoms with van der Waals surface area (Å²) in [6.07, 6.45) is 3.38. The Hall–Kier alpha value is -4.03. The summed E-state index contributed by atoms with van der Waals surface area (Å²) >= 11 is -1.72. The minimum atomic E-state index is -2.37. The van der Waals surface area contributed by atoms with E-state index in [1.54, 1.807) is 19.9 Å². The van der Waals surface area contributed by atoms with E-state index in [9.17, 15) is 0 Å². The summed E-state index contributed by atoms with van der Waals surface area (Å²) in [4.78, 5) is 9.03. The molecule has 0 saturated carbocycles. The van der Waals surface area contributed by atoms with Crippen molar-refractivity contribution in [3.63, 3.8) is 0 Å². The molecule has 4 heterocycles. The number of hydrogen-bond acceptors (Lipinski definition) is 4. The van der Waals surface area contributed by atoms with Crippen LogP contribution in [0.4, 0.5) is 0 Å². The van der Waals surface area contributed by atoms with Crippen LogP contribution in [0, 0.1) is 19.0 Å². The van der Waals surface area contributed by atoms with Gasteiger partial charge < -0.3 is 13.8 Å². The fourth-order valence-corrected chi connectivity index (χ4v) is 7.93. The molecule has 0 spiro atoms. The van der Waals surface area contributed by atoms with Crippen molar-refractivity contribution in [1.29, 1.82) is 0 Å². The Labute approximate surface area is 297 Å². The largest absolute Gasteiger partial charge is 0 e. The average molecular weight is 858 g/mol. The fraction of sp³-hybridized carbons (Fsp3) is 0.171. The summed E-state index contributed by atoms with van der Waals surface area (Å²) in [6, 6.07) is 36.1. The van der Waals surface area contributed by atoms with Crippen LogP contribution in [-0.4, -0.2) is 23.2 Å². The topological polar surface area (TPSA) is 52.1 Å². The van der Waals surface area contributed by atoms with Crippen LogP contribution >= 0.6 is 0 Å². The minimum Gasteiger partial charge on any atom is 0 e. The van der Waals surface area contributed by atoms with E-state index in [4.69, 9.17) is 14.3 Å². The summed E-state index contributed by atoms with van der Waals surface area (Å²) in [5, 5.41) is 3.73. The van der Waals surface area contributed by atoms with E-state index in [2.05, 4.69) is 51.5 Å². The first kappa shape index (κ1) is 28.0. The molecule has 0 unspecified atom stereocenters. The molecule has 4 nitrogen and oxygen atoms in total. The van der Waals surface area contributed by atoms with Crippen molar-refractivity contribution in [2.45, 2.75) is 43.9 Å². The van der Waals surface area contributed by atoms with Crippen LogP contribution in [-0.2, 0) is 20.1 Å². The van der Waals surface area contributed by atoms with Crippen molar-refractivity contribution in [2.24, 2.45) is 0 Å². The van der Waals surface area contributed by atoms with E-state index in [0.717, 1.165) is 44.0 Å². The van der Waals surface area contributed by atoms with Crippen LogP contribution < -0.4 is 4.40 Å². The molecule has 0 aliphatic carbocycles. The first-order chi connectivity index (χ1) is 23.7. The predicted octanol–water partition coefficient (Wildman–Crippen LogP) is 10.9. The van der Waals surface area contributed by atoms with Gasteiger partial charge >= 0.3 is 99.8 Å². The second-order valence-corrected chi connectivity index (χ2v) is 23.3.